The fourth-order valence-electron chi connectivity index (χ4n) is 4.30. The van der Waals surface area contributed by atoms with Gasteiger partial charge in [0.05, 0.1) is 24.0 Å². The van der Waals surface area contributed by atoms with Crippen molar-refractivity contribution in [1.29, 1.82) is 0 Å². The largest absolute Gasteiger partial charge is 0.496 e. The van der Waals surface area contributed by atoms with Crippen molar-refractivity contribution in [1.82, 2.24) is 19.5 Å². The standard InChI is InChI=1S/C26H25FN6OS/c1-15-12-19-22(34-3)9-8-20(27)25(19)33(15)11-10-29-23-13-21(30-14-31-23)17-4-6-18(7-5-17)24-16(2)35-26(28)32-24/h4-9,12-14H,10-11H2,1-3H3,(H2,28,32)(H,29,30,31). The third kappa shape index (κ3) is 4.42. The van der Waals surface area contributed by atoms with E-state index in [4.69, 9.17) is 10.5 Å². The first-order valence-electron chi connectivity index (χ1n) is 11.2. The van der Waals surface area contributed by atoms with Crippen LogP contribution < -0.4 is 15.8 Å². The van der Waals surface area contributed by atoms with Crippen LogP contribution in [-0.2, 0) is 6.54 Å². The molecular weight excluding hydrogens is 463 g/mol. The van der Waals surface area contributed by atoms with Gasteiger partial charge in [-0.15, -0.1) is 11.3 Å². The average Bonchev–Trinajstić information content (AvgIpc) is 3.38. The lowest BCUT2D eigenvalue weighted by molar-refractivity contribution is 0.419. The highest BCUT2D eigenvalue weighted by Gasteiger charge is 2.14. The number of fused-ring (bicyclic) bond motifs is 1. The van der Waals surface area contributed by atoms with Crippen molar-refractivity contribution in [2.75, 3.05) is 24.7 Å². The Bertz CT molecular complexity index is 1510. The van der Waals surface area contributed by atoms with Gasteiger partial charge in [-0.3, -0.25) is 0 Å². The monoisotopic (exact) mass is 488 g/mol. The van der Waals surface area contributed by atoms with E-state index in [1.165, 1.54) is 23.7 Å². The molecule has 9 heteroatoms. The van der Waals surface area contributed by atoms with Gasteiger partial charge in [-0.05, 0) is 32.0 Å². The fraction of sp³-hybridized carbons (Fsp3) is 0.192. The number of hydrogen-bond acceptors (Lipinski definition) is 7. The first-order chi connectivity index (χ1) is 16.9. The first kappa shape index (κ1) is 22.8. The van der Waals surface area contributed by atoms with Crippen LogP contribution in [0.5, 0.6) is 5.75 Å². The van der Waals surface area contributed by atoms with E-state index in [1.54, 1.807) is 13.2 Å². The maximum absolute atomic E-state index is 14.6. The maximum atomic E-state index is 14.6. The molecule has 178 valence electrons. The van der Waals surface area contributed by atoms with E-state index >= 15 is 0 Å². The smallest absolute Gasteiger partial charge is 0.180 e. The summed E-state index contributed by atoms with van der Waals surface area (Å²) in [6.45, 7) is 5.13. The minimum Gasteiger partial charge on any atom is -0.496 e. The number of nitrogen functional groups attached to an aromatic ring is 1. The summed E-state index contributed by atoms with van der Waals surface area (Å²) in [6.07, 6.45) is 1.54. The number of aryl methyl sites for hydroxylation is 2. The molecule has 0 fully saturated rings. The van der Waals surface area contributed by atoms with Crippen molar-refractivity contribution in [3.8, 4) is 28.3 Å². The lowest BCUT2D eigenvalue weighted by atomic mass is 10.1. The van der Waals surface area contributed by atoms with Crippen LogP contribution in [0.2, 0.25) is 0 Å². The van der Waals surface area contributed by atoms with Gasteiger partial charge in [0.25, 0.3) is 0 Å². The SMILES string of the molecule is COc1ccc(F)c2c1cc(C)n2CCNc1cc(-c2ccc(-c3nc(N)sc3C)cc2)ncn1. The summed E-state index contributed by atoms with van der Waals surface area (Å²) >= 11 is 1.49. The Kier molecular flexibility index (Phi) is 6.08. The average molecular weight is 489 g/mol. The second-order valence-electron chi connectivity index (χ2n) is 8.20. The summed E-state index contributed by atoms with van der Waals surface area (Å²) in [4.78, 5) is 14.3. The Morgan fingerprint density at radius 2 is 1.83 bits per heavy atom. The van der Waals surface area contributed by atoms with Crippen molar-refractivity contribution in [2.45, 2.75) is 20.4 Å². The van der Waals surface area contributed by atoms with E-state index in [-0.39, 0.29) is 5.82 Å². The molecule has 0 bridgehead atoms. The highest BCUT2D eigenvalue weighted by atomic mass is 32.1. The summed E-state index contributed by atoms with van der Waals surface area (Å²) in [5, 5.41) is 4.67. The molecule has 0 amide bonds. The Hall–Kier alpha value is -3.98. The maximum Gasteiger partial charge on any atom is 0.180 e. The molecule has 3 N–H and O–H groups in total. The number of thiazole rings is 1. The van der Waals surface area contributed by atoms with Crippen LogP contribution in [-0.4, -0.2) is 33.2 Å². The number of ether oxygens (including phenoxy) is 1. The number of nitrogens with one attached hydrogen (secondary N) is 1. The predicted molar refractivity (Wildman–Crippen MR) is 139 cm³/mol. The van der Waals surface area contributed by atoms with E-state index in [0.29, 0.717) is 35.3 Å². The first-order valence-corrected chi connectivity index (χ1v) is 12.0. The quantitative estimate of drug-likeness (QED) is 0.306. The molecule has 3 aromatic heterocycles. The number of nitrogens with zero attached hydrogens (tertiary/aromatic N) is 4. The van der Waals surface area contributed by atoms with Gasteiger partial charge in [-0.2, -0.15) is 0 Å². The van der Waals surface area contributed by atoms with Gasteiger partial charge in [0, 0.05) is 46.2 Å². The van der Waals surface area contributed by atoms with Crippen molar-refractivity contribution >= 4 is 33.2 Å². The van der Waals surface area contributed by atoms with Crippen LogP contribution in [0.25, 0.3) is 33.4 Å². The summed E-state index contributed by atoms with van der Waals surface area (Å²) in [5.74, 6) is 1.10. The lowest BCUT2D eigenvalue weighted by Crippen LogP contribution is -2.13. The molecule has 0 aliphatic heterocycles. The molecule has 0 unspecified atom stereocenters. The molecule has 0 saturated heterocycles. The van der Waals surface area contributed by atoms with Crippen LogP contribution >= 0.6 is 11.3 Å². The van der Waals surface area contributed by atoms with Gasteiger partial charge in [-0.25, -0.2) is 19.3 Å². The fourth-order valence-corrected chi connectivity index (χ4v) is 5.01. The summed E-state index contributed by atoms with van der Waals surface area (Å²) in [6, 6.07) is 15.0. The normalized spacial score (nSPS) is 11.2. The van der Waals surface area contributed by atoms with Gasteiger partial charge in [0.15, 0.2) is 5.13 Å². The van der Waals surface area contributed by atoms with Crippen LogP contribution in [0.15, 0.2) is 54.9 Å². The number of benzene rings is 2. The highest BCUT2D eigenvalue weighted by Crippen LogP contribution is 2.32. The van der Waals surface area contributed by atoms with Crippen molar-refractivity contribution < 1.29 is 9.13 Å². The second kappa shape index (κ2) is 9.34. The number of aromatic nitrogens is 4. The third-order valence-corrected chi connectivity index (χ3v) is 6.77. The molecule has 35 heavy (non-hydrogen) atoms. The summed E-state index contributed by atoms with van der Waals surface area (Å²) in [7, 11) is 1.59. The molecule has 2 aromatic carbocycles. The van der Waals surface area contributed by atoms with Gasteiger partial charge in [0.1, 0.15) is 23.7 Å². The van der Waals surface area contributed by atoms with Crippen LogP contribution in [0.1, 0.15) is 10.6 Å². The number of rotatable bonds is 7. The van der Waals surface area contributed by atoms with Gasteiger partial charge >= 0.3 is 0 Å². The van der Waals surface area contributed by atoms with Crippen molar-refractivity contribution in [2.24, 2.45) is 0 Å². The van der Waals surface area contributed by atoms with E-state index in [9.17, 15) is 4.39 Å². The minimum atomic E-state index is -0.266. The summed E-state index contributed by atoms with van der Waals surface area (Å²) < 4.78 is 22.0. The Labute approximate surface area is 206 Å². The molecule has 5 rings (SSSR count). The minimum absolute atomic E-state index is 0.266. The van der Waals surface area contributed by atoms with Gasteiger partial charge in [0.2, 0.25) is 0 Å². The molecule has 3 heterocycles. The zero-order valence-electron chi connectivity index (χ0n) is 19.7. The van der Waals surface area contributed by atoms with E-state index in [1.807, 2.05) is 54.8 Å². The summed E-state index contributed by atoms with van der Waals surface area (Å²) in [5.41, 5.74) is 11.1. The third-order valence-electron chi connectivity index (χ3n) is 5.97. The van der Waals surface area contributed by atoms with E-state index in [2.05, 4.69) is 20.3 Å². The number of methoxy groups -OCH3 is 1. The molecule has 0 radical (unpaired) electrons. The van der Waals surface area contributed by atoms with E-state index < -0.39 is 0 Å². The molecule has 5 aromatic rings. The molecular formula is C26H25FN6OS. The zero-order chi connectivity index (χ0) is 24.5. The Morgan fingerprint density at radius 3 is 2.54 bits per heavy atom. The number of halogens is 1. The lowest BCUT2D eigenvalue weighted by Gasteiger charge is -2.12. The number of nitrogens with two attached hydrogens (primary N) is 1. The Morgan fingerprint density at radius 1 is 1.06 bits per heavy atom. The topological polar surface area (TPSA) is 90.9 Å². The van der Waals surface area contributed by atoms with Crippen LogP contribution in [0, 0.1) is 19.7 Å². The van der Waals surface area contributed by atoms with Gasteiger partial charge in [-0.1, -0.05) is 24.3 Å². The molecule has 7 nitrogen and oxygen atoms in total. The van der Waals surface area contributed by atoms with E-state index in [0.717, 1.165) is 38.5 Å². The second-order valence-corrected chi connectivity index (χ2v) is 9.43. The number of anilines is 2. The predicted octanol–water partition coefficient (Wildman–Crippen LogP) is 5.68. The van der Waals surface area contributed by atoms with Crippen molar-refractivity contribution in [3.05, 3.63) is 71.2 Å². The number of hydrogen-bond donors (Lipinski definition) is 2. The molecule has 0 aliphatic rings. The molecule has 0 atom stereocenters. The van der Waals surface area contributed by atoms with Crippen LogP contribution in [0.4, 0.5) is 15.3 Å². The van der Waals surface area contributed by atoms with Crippen LogP contribution in [0.3, 0.4) is 0 Å². The molecule has 0 saturated carbocycles. The molecule has 0 spiro atoms. The highest BCUT2D eigenvalue weighted by molar-refractivity contribution is 7.15. The van der Waals surface area contributed by atoms with Gasteiger partial charge < -0.3 is 20.4 Å². The Balaban J connectivity index is 1.31. The van der Waals surface area contributed by atoms with Crippen molar-refractivity contribution in [3.63, 3.8) is 0 Å². The molecule has 0 aliphatic carbocycles. The zero-order valence-corrected chi connectivity index (χ0v) is 20.5.